The van der Waals surface area contributed by atoms with Crippen molar-refractivity contribution >= 4 is 33.1 Å². The summed E-state index contributed by atoms with van der Waals surface area (Å²) in [4.78, 5) is 17.5. The lowest BCUT2D eigenvalue weighted by Crippen LogP contribution is -2.12. The van der Waals surface area contributed by atoms with Crippen molar-refractivity contribution in [2.24, 2.45) is 0 Å². The maximum Gasteiger partial charge on any atom is 0.269 e. The summed E-state index contributed by atoms with van der Waals surface area (Å²) >= 11 is 1.19. The summed E-state index contributed by atoms with van der Waals surface area (Å²) in [6.45, 7) is 3.88. The minimum absolute atomic E-state index is 0.00756. The van der Waals surface area contributed by atoms with E-state index in [0.29, 0.717) is 10.2 Å². The van der Waals surface area contributed by atoms with Crippen LogP contribution in [-0.4, -0.2) is 16.0 Å². The highest BCUT2D eigenvalue weighted by Crippen LogP contribution is 2.36. The van der Waals surface area contributed by atoms with Gasteiger partial charge in [0.1, 0.15) is 15.5 Å². The average Bonchev–Trinajstić information content (AvgIpc) is 2.81. The molecule has 3 rings (SSSR count). The minimum Gasteiger partial charge on any atom is -0.506 e. The number of aromatic hydroxyl groups is 1. The Morgan fingerprint density at radius 2 is 1.90 bits per heavy atom. The Bertz CT molecular complexity index is 819. The zero-order valence-electron chi connectivity index (χ0n) is 11.7. The number of aromatic nitrogens is 1. The molecule has 0 aliphatic carbocycles. The van der Waals surface area contributed by atoms with Crippen molar-refractivity contribution in [1.82, 2.24) is 4.98 Å². The first-order valence-corrected chi connectivity index (χ1v) is 7.33. The van der Waals surface area contributed by atoms with E-state index in [2.05, 4.69) is 10.3 Å². The van der Waals surface area contributed by atoms with Gasteiger partial charge in [-0.1, -0.05) is 18.2 Å². The van der Waals surface area contributed by atoms with E-state index in [0.717, 1.165) is 16.8 Å². The van der Waals surface area contributed by atoms with E-state index in [1.165, 1.54) is 11.3 Å². The van der Waals surface area contributed by atoms with Gasteiger partial charge in [0, 0.05) is 11.9 Å². The van der Waals surface area contributed by atoms with Gasteiger partial charge in [0.25, 0.3) is 5.91 Å². The first-order valence-electron chi connectivity index (χ1n) is 6.52. The standard InChI is InChI=1S/C16H14N2O2S/c1-9-5-3-6-10(2)12(9)18-15(20)14-13(19)11-7-4-8-17-16(11)21-14/h3-8,19H,1-2H3,(H,18,20). The molecule has 3 aromatic rings. The van der Waals surface area contributed by atoms with E-state index in [1.807, 2.05) is 32.0 Å². The zero-order chi connectivity index (χ0) is 15.0. The summed E-state index contributed by atoms with van der Waals surface area (Å²) in [5.74, 6) is -0.320. The number of rotatable bonds is 2. The monoisotopic (exact) mass is 298 g/mol. The first kappa shape index (κ1) is 13.6. The van der Waals surface area contributed by atoms with Gasteiger partial charge in [-0.2, -0.15) is 0 Å². The van der Waals surface area contributed by atoms with Gasteiger partial charge in [0.15, 0.2) is 0 Å². The smallest absolute Gasteiger partial charge is 0.269 e. The van der Waals surface area contributed by atoms with Crippen LogP contribution < -0.4 is 5.32 Å². The molecule has 2 N–H and O–H groups in total. The fourth-order valence-corrected chi connectivity index (χ4v) is 3.19. The van der Waals surface area contributed by atoms with Crippen LogP contribution in [0, 0.1) is 13.8 Å². The van der Waals surface area contributed by atoms with Gasteiger partial charge in [0.2, 0.25) is 0 Å². The van der Waals surface area contributed by atoms with Gasteiger partial charge >= 0.3 is 0 Å². The van der Waals surface area contributed by atoms with Crippen molar-refractivity contribution in [2.75, 3.05) is 5.32 Å². The summed E-state index contributed by atoms with van der Waals surface area (Å²) in [5, 5.41) is 13.7. The van der Waals surface area contributed by atoms with E-state index in [9.17, 15) is 9.90 Å². The van der Waals surface area contributed by atoms with Crippen LogP contribution in [0.3, 0.4) is 0 Å². The van der Waals surface area contributed by atoms with Gasteiger partial charge in [-0.05, 0) is 37.1 Å². The number of nitrogens with one attached hydrogen (secondary N) is 1. The van der Waals surface area contributed by atoms with Crippen LogP contribution in [-0.2, 0) is 0 Å². The van der Waals surface area contributed by atoms with Gasteiger partial charge in [-0.3, -0.25) is 4.79 Å². The third-order valence-electron chi connectivity index (χ3n) is 3.37. The molecule has 2 aromatic heterocycles. The molecular formula is C16H14N2O2S. The van der Waals surface area contributed by atoms with Crippen LogP contribution >= 0.6 is 11.3 Å². The molecule has 0 spiro atoms. The molecule has 0 aliphatic heterocycles. The largest absolute Gasteiger partial charge is 0.506 e. The highest BCUT2D eigenvalue weighted by Gasteiger charge is 2.19. The molecule has 0 radical (unpaired) electrons. The lowest BCUT2D eigenvalue weighted by molar-refractivity contribution is 0.102. The lowest BCUT2D eigenvalue weighted by atomic mass is 10.1. The molecule has 2 heterocycles. The van der Waals surface area contributed by atoms with Crippen molar-refractivity contribution in [3.63, 3.8) is 0 Å². The summed E-state index contributed by atoms with van der Waals surface area (Å²) in [6.07, 6.45) is 1.64. The van der Waals surface area contributed by atoms with E-state index in [1.54, 1.807) is 18.3 Å². The maximum atomic E-state index is 12.4. The third-order valence-corrected chi connectivity index (χ3v) is 4.47. The number of amides is 1. The van der Waals surface area contributed by atoms with Crippen LogP contribution in [0.15, 0.2) is 36.5 Å². The van der Waals surface area contributed by atoms with Crippen molar-refractivity contribution in [2.45, 2.75) is 13.8 Å². The Labute approximate surface area is 126 Å². The van der Waals surface area contributed by atoms with E-state index in [4.69, 9.17) is 0 Å². The summed E-state index contributed by atoms with van der Waals surface area (Å²) in [5.41, 5.74) is 2.76. The van der Waals surface area contributed by atoms with Crippen LogP contribution in [0.1, 0.15) is 20.8 Å². The zero-order valence-corrected chi connectivity index (χ0v) is 12.5. The fraction of sp³-hybridized carbons (Fsp3) is 0.125. The number of benzene rings is 1. The molecule has 1 aromatic carbocycles. The molecule has 0 saturated heterocycles. The van der Waals surface area contributed by atoms with Crippen LogP contribution in [0.25, 0.3) is 10.2 Å². The number of hydrogen-bond donors (Lipinski definition) is 2. The molecule has 0 fully saturated rings. The Morgan fingerprint density at radius 1 is 1.19 bits per heavy atom. The third kappa shape index (κ3) is 2.36. The molecule has 0 saturated carbocycles. The normalized spacial score (nSPS) is 10.8. The molecule has 0 unspecified atom stereocenters. The SMILES string of the molecule is Cc1cccc(C)c1NC(=O)c1sc2ncccc2c1O. The molecule has 5 heteroatoms. The number of carbonyl (C=O) groups is 1. The molecule has 106 valence electrons. The van der Waals surface area contributed by atoms with E-state index >= 15 is 0 Å². The number of thiophene rings is 1. The number of para-hydroxylation sites is 1. The predicted octanol–water partition coefficient (Wildman–Crippen LogP) is 3.87. The topological polar surface area (TPSA) is 62.2 Å². The average molecular weight is 298 g/mol. The number of carbonyl (C=O) groups excluding carboxylic acids is 1. The number of pyridine rings is 1. The van der Waals surface area contributed by atoms with Gasteiger partial charge in [-0.25, -0.2) is 4.98 Å². The first-order chi connectivity index (χ1) is 10.1. The van der Waals surface area contributed by atoms with E-state index in [-0.39, 0.29) is 16.5 Å². The number of hydrogen-bond acceptors (Lipinski definition) is 4. The van der Waals surface area contributed by atoms with Gasteiger partial charge < -0.3 is 10.4 Å². The quantitative estimate of drug-likeness (QED) is 0.755. The lowest BCUT2D eigenvalue weighted by Gasteiger charge is -2.10. The predicted molar refractivity (Wildman–Crippen MR) is 85.2 cm³/mol. The van der Waals surface area contributed by atoms with Crippen LogP contribution in [0.5, 0.6) is 5.75 Å². The molecule has 4 nitrogen and oxygen atoms in total. The maximum absolute atomic E-state index is 12.4. The molecule has 0 atom stereocenters. The molecule has 0 bridgehead atoms. The second-order valence-corrected chi connectivity index (χ2v) is 5.86. The second-order valence-electron chi connectivity index (χ2n) is 4.86. The summed E-state index contributed by atoms with van der Waals surface area (Å²) in [7, 11) is 0. The Hall–Kier alpha value is -2.40. The van der Waals surface area contributed by atoms with Gasteiger partial charge in [0.05, 0.1) is 5.39 Å². The Balaban J connectivity index is 2.00. The second kappa shape index (κ2) is 5.18. The van der Waals surface area contributed by atoms with Crippen molar-refractivity contribution in [3.8, 4) is 5.75 Å². The van der Waals surface area contributed by atoms with Crippen LogP contribution in [0.2, 0.25) is 0 Å². The number of aryl methyl sites for hydroxylation is 2. The van der Waals surface area contributed by atoms with Crippen molar-refractivity contribution < 1.29 is 9.90 Å². The van der Waals surface area contributed by atoms with E-state index < -0.39 is 0 Å². The fourth-order valence-electron chi connectivity index (χ4n) is 2.26. The Morgan fingerprint density at radius 3 is 2.57 bits per heavy atom. The van der Waals surface area contributed by atoms with Crippen molar-refractivity contribution in [3.05, 3.63) is 52.5 Å². The van der Waals surface area contributed by atoms with Gasteiger partial charge in [-0.15, -0.1) is 11.3 Å². The Kier molecular flexibility index (Phi) is 3.35. The molecule has 1 amide bonds. The van der Waals surface area contributed by atoms with Crippen molar-refractivity contribution in [1.29, 1.82) is 0 Å². The molecule has 0 aliphatic rings. The number of fused-ring (bicyclic) bond motifs is 1. The minimum atomic E-state index is -0.312. The molecular weight excluding hydrogens is 284 g/mol. The summed E-state index contributed by atoms with van der Waals surface area (Å²) < 4.78 is 0. The molecule has 21 heavy (non-hydrogen) atoms. The number of nitrogens with zero attached hydrogens (tertiary/aromatic N) is 1. The number of anilines is 1. The summed E-state index contributed by atoms with van der Waals surface area (Å²) in [6, 6.07) is 9.32. The van der Waals surface area contributed by atoms with Crippen LogP contribution in [0.4, 0.5) is 5.69 Å². The highest BCUT2D eigenvalue weighted by atomic mass is 32.1. The highest BCUT2D eigenvalue weighted by molar-refractivity contribution is 7.21.